The molecule has 0 saturated heterocycles. The maximum Gasteiger partial charge on any atom is 0.163 e. The molecule has 104 valence electrons. The van der Waals surface area contributed by atoms with Crippen LogP contribution in [0.25, 0.3) is 0 Å². The molecule has 20 heavy (non-hydrogen) atoms. The van der Waals surface area contributed by atoms with Gasteiger partial charge in [-0.3, -0.25) is 4.79 Å². The van der Waals surface area contributed by atoms with Crippen molar-refractivity contribution in [3.05, 3.63) is 71.8 Å². The minimum Gasteiger partial charge on any atom is -0.294 e. The van der Waals surface area contributed by atoms with Crippen LogP contribution in [0.3, 0.4) is 0 Å². The summed E-state index contributed by atoms with van der Waals surface area (Å²) >= 11 is 0. The summed E-state index contributed by atoms with van der Waals surface area (Å²) in [6.45, 7) is 4.35. The normalized spacial score (nSPS) is 11.3. The van der Waals surface area contributed by atoms with Crippen molar-refractivity contribution in [2.75, 3.05) is 0 Å². The van der Waals surface area contributed by atoms with Crippen molar-refractivity contribution >= 4 is 5.78 Å². The summed E-state index contributed by atoms with van der Waals surface area (Å²) in [5.41, 5.74) is 2.19. The zero-order chi connectivity index (χ0) is 14.4. The van der Waals surface area contributed by atoms with Gasteiger partial charge in [0.2, 0.25) is 0 Å². The van der Waals surface area contributed by atoms with E-state index in [-0.39, 0.29) is 11.2 Å². The van der Waals surface area contributed by atoms with Crippen LogP contribution in [0, 0.1) is 5.41 Å². The maximum absolute atomic E-state index is 12.3. The molecule has 0 radical (unpaired) electrons. The van der Waals surface area contributed by atoms with Crippen molar-refractivity contribution in [3.63, 3.8) is 0 Å². The van der Waals surface area contributed by atoms with Crippen LogP contribution in [0.5, 0.6) is 0 Å². The lowest BCUT2D eigenvalue weighted by Crippen LogP contribution is -2.18. The Balaban J connectivity index is 1.92. The number of hydrogen-bond donors (Lipinski definition) is 0. The van der Waals surface area contributed by atoms with Crippen LogP contribution in [0.1, 0.15) is 42.6 Å². The summed E-state index contributed by atoms with van der Waals surface area (Å²) in [4.78, 5) is 12.3. The van der Waals surface area contributed by atoms with Crippen molar-refractivity contribution in [1.82, 2.24) is 0 Å². The molecule has 2 aromatic carbocycles. The topological polar surface area (TPSA) is 17.1 Å². The van der Waals surface area contributed by atoms with Gasteiger partial charge < -0.3 is 0 Å². The zero-order valence-corrected chi connectivity index (χ0v) is 12.3. The average molecular weight is 266 g/mol. The molecule has 0 spiro atoms. The summed E-state index contributed by atoms with van der Waals surface area (Å²) in [6.07, 6.45) is 2.65. The molecule has 0 bridgehead atoms. The highest BCUT2D eigenvalue weighted by Crippen LogP contribution is 2.28. The molecule has 0 N–H and O–H groups in total. The molecule has 0 aromatic heterocycles. The Kier molecular flexibility index (Phi) is 4.73. The number of rotatable bonds is 6. The number of carbonyl (C=O) groups is 1. The molecule has 0 heterocycles. The maximum atomic E-state index is 12.3. The first-order valence-corrected chi connectivity index (χ1v) is 7.19. The van der Waals surface area contributed by atoms with E-state index in [1.807, 2.05) is 36.4 Å². The van der Waals surface area contributed by atoms with Crippen LogP contribution in [-0.2, 0) is 6.42 Å². The van der Waals surface area contributed by atoms with Crippen LogP contribution in [0.15, 0.2) is 60.7 Å². The summed E-state index contributed by atoms with van der Waals surface area (Å²) in [6, 6.07) is 20.0. The average Bonchev–Trinajstić information content (AvgIpc) is 2.47. The van der Waals surface area contributed by atoms with Gasteiger partial charge in [0.25, 0.3) is 0 Å². The summed E-state index contributed by atoms with van der Waals surface area (Å²) in [5.74, 6) is 0.240. The van der Waals surface area contributed by atoms with Gasteiger partial charge in [-0.15, -0.1) is 0 Å². The molecular weight excluding hydrogens is 244 g/mol. The van der Waals surface area contributed by atoms with E-state index in [0.29, 0.717) is 6.42 Å². The SMILES string of the molecule is CC(C)(CCc1ccccc1)CC(=O)c1ccccc1. The Morgan fingerprint density at radius 3 is 2.05 bits per heavy atom. The Bertz CT molecular complexity index is 540. The van der Waals surface area contributed by atoms with Crippen molar-refractivity contribution in [3.8, 4) is 0 Å². The lowest BCUT2D eigenvalue weighted by atomic mass is 9.80. The number of ketones is 1. The zero-order valence-electron chi connectivity index (χ0n) is 12.3. The second-order valence-electron chi connectivity index (χ2n) is 6.12. The molecule has 0 fully saturated rings. The summed E-state index contributed by atoms with van der Waals surface area (Å²) in [5, 5.41) is 0. The van der Waals surface area contributed by atoms with Crippen LogP contribution in [0.4, 0.5) is 0 Å². The second-order valence-corrected chi connectivity index (χ2v) is 6.12. The quantitative estimate of drug-likeness (QED) is 0.678. The molecule has 2 rings (SSSR count). The van der Waals surface area contributed by atoms with Gasteiger partial charge in [-0.1, -0.05) is 74.5 Å². The van der Waals surface area contributed by atoms with E-state index in [0.717, 1.165) is 18.4 Å². The highest BCUT2D eigenvalue weighted by atomic mass is 16.1. The third kappa shape index (κ3) is 4.34. The fourth-order valence-electron chi connectivity index (χ4n) is 2.38. The predicted octanol–water partition coefficient (Wildman–Crippen LogP) is 4.92. The molecule has 0 aliphatic rings. The smallest absolute Gasteiger partial charge is 0.163 e. The minimum absolute atomic E-state index is 0.0305. The predicted molar refractivity (Wildman–Crippen MR) is 83.9 cm³/mol. The van der Waals surface area contributed by atoms with E-state index in [1.165, 1.54) is 5.56 Å². The van der Waals surface area contributed by atoms with E-state index in [1.54, 1.807) is 0 Å². The molecule has 2 aromatic rings. The lowest BCUT2D eigenvalue weighted by Gasteiger charge is -2.23. The fourth-order valence-corrected chi connectivity index (χ4v) is 2.38. The Morgan fingerprint density at radius 1 is 0.900 bits per heavy atom. The van der Waals surface area contributed by atoms with E-state index < -0.39 is 0 Å². The van der Waals surface area contributed by atoms with Crippen LogP contribution >= 0.6 is 0 Å². The number of Topliss-reactive ketones (excluding diaryl/α,β-unsaturated/α-hetero) is 1. The standard InChI is InChI=1S/C19H22O/c1-19(2,14-13-16-9-5-3-6-10-16)15-18(20)17-11-7-4-8-12-17/h3-12H,13-15H2,1-2H3. The molecule has 0 aliphatic carbocycles. The number of carbonyl (C=O) groups excluding carboxylic acids is 1. The minimum atomic E-state index is 0.0305. The third-order valence-electron chi connectivity index (χ3n) is 3.67. The molecule has 0 amide bonds. The molecule has 1 nitrogen and oxygen atoms in total. The first-order valence-electron chi connectivity index (χ1n) is 7.19. The number of hydrogen-bond acceptors (Lipinski definition) is 1. The number of aryl methyl sites for hydroxylation is 1. The fraction of sp³-hybridized carbons (Fsp3) is 0.316. The summed E-state index contributed by atoms with van der Waals surface area (Å²) in [7, 11) is 0. The monoisotopic (exact) mass is 266 g/mol. The van der Waals surface area contributed by atoms with E-state index in [9.17, 15) is 4.79 Å². The summed E-state index contributed by atoms with van der Waals surface area (Å²) < 4.78 is 0. The van der Waals surface area contributed by atoms with Gasteiger partial charge in [0.05, 0.1) is 0 Å². The molecular formula is C19H22O. The first kappa shape index (κ1) is 14.5. The van der Waals surface area contributed by atoms with E-state index in [4.69, 9.17) is 0 Å². The highest BCUT2D eigenvalue weighted by molar-refractivity contribution is 5.96. The molecule has 0 unspecified atom stereocenters. The lowest BCUT2D eigenvalue weighted by molar-refractivity contribution is 0.0926. The van der Waals surface area contributed by atoms with Crippen molar-refractivity contribution in [2.24, 2.45) is 5.41 Å². The largest absolute Gasteiger partial charge is 0.294 e. The second kappa shape index (κ2) is 6.51. The van der Waals surface area contributed by atoms with Gasteiger partial charge in [0.1, 0.15) is 0 Å². The van der Waals surface area contributed by atoms with E-state index >= 15 is 0 Å². The van der Waals surface area contributed by atoms with Gasteiger partial charge in [-0.25, -0.2) is 0 Å². The van der Waals surface area contributed by atoms with Gasteiger partial charge in [-0.05, 0) is 23.8 Å². The molecule has 0 saturated carbocycles. The van der Waals surface area contributed by atoms with Crippen molar-refractivity contribution in [1.29, 1.82) is 0 Å². The van der Waals surface area contributed by atoms with Gasteiger partial charge in [0.15, 0.2) is 5.78 Å². The van der Waals surface area contributed by atoms with Crippen LogP contribution < -0.4 is 0 Å². The molecule has 0 atom stereocenters. The molecule has 0 aliphatic heterocycles. The van der Waals surface area contributed by atoms with E-state index in [2.05, 4.69) is 38.1 Å². The van der Waals surface area contributed by atoms with Gasteiger partial charge >= 0.3 is 0 Å². The third-order valence-corrected chi connectivity index (χ3v) is 3.67. The van der Waals surface area contributed by atoms with Crippen molar-refractivity contribution in [2.45, 2.75) is 33.1 Å². The number of benzene rings is 2. The Morgan fingerprint density at radius 2 is 1.45 bits per heavy atom. The van der Waals surface area contributed by atoms with Crippen LogP contribution in [-0.4, -0.2) is 5.78 Å². The molecule has 1 heteroatoms. The van der Waals surface area contributed by atoms with Crippen molar-refractivity contribution < 1.29 is 4.79 Å². The Hall–Kier alpha value is -1.89. The first-order chi connectivity index (χ1) is 9.57. The highest BCUT2D eigenvalue weighted by Gasteiger charge is 2.22. The van der Waals surface area contributed by atoms with Gasteiger partial charge in [0, 0.05) is 12.0 Å². The van der Waals surface area contributed by atoms with Crippen LogP contribution in [0.2, 0.25) is 0 Å². The Labute approximate surface area is 121 Å². The van der Waals surface area contributed by atoms with Gasteiger partial charge in [-0.2, -0.15) is 0 Å².